The first-order valence-corrected chi connectivity index (χ1v) is 17.6. The van der Waals surface area contributed by atoms with Crippen molar-refractivity contribution < 1.29 is 19.7 Å². The Kier molecular flexibility index (Phi) is 11.1. The summed E-state index contributed by atoms with van der Waals surface area (Å²) in [5.74, 6) is 0.0902. The molecule has 4 aromatic carbocycles. The van der Waals surface area contributed by atoms with Crippen LogP contribution in [-0.4, -0.2) is 37.6 Å². The molecule has 49 heavy (non-hydrogen) atoms. The van der Waals surface area contributed by atoms with Gasteiger partial charge in [0.05, 0.1) is 12.2 Å². The van der Waals surface area contributed by atoms with Crippen molar-refractivity contribution in [2.75, 3.05) is 6.61 Å². The van der Waals surface area contributed by atoms with Crippen molar-refractivity contribution in [1.82, 2.24) is 15.0 Å². The number of carbonyl (C=O) groups is 1. The second-order valence-electron chi connectivity index (χ2n) is 15.0. The highest BCUT2D eigenvalue weighted by molar-refractivity contribution is 6.11. The van der Waals surface area contributed by atoms with Crippen LogP contribution in [0.3, 0.4) is 0 Å². The highest BCUT2D eigenvalue weighted by Gasteiger charge is 2.30. The zero-order valence-corrected chi connectivity index (χ0v) is 29.9. The van der Waals surface area contributed by atoms with Crippen molar-refractivity contribution in [1.29, 1.82) is 0 Å². The van der Waals surface area contributed by atoms with Gasteiger partial charge in [-0.3, -0.25) is 4.79 Å². The number of carbonyl (C=O) groups excluding carboxylic acids is 1. The minimum absolute atomic E-state index is 0.0108. The fourth-order valence-electron chi connectivity index (χ4n) is 6.86. The highest BCUT2D eigenvalue weighted by atomic mass is 16.5. The number of aromatic hydroxyl groups is 2. The zero-order valence-electron chi connectivity index (χ0n) is 29.9. The third-order valence-corrected chi connectivity index (χ3v) is 9.07. The summed E-state index contributed by atoms with van der Waals surface area (Å²) in [5.41, 5.74) is 4.39. The number of ketones is 1. The Morgan fingerprint density at radius 1 is 0.776 bits per heavy atom. The quantitative estimate of drug-likeness (QED) is 0.0856. The first-order chi connectivity index (χ1) is 23.4. The van der Waals surface area contributed by atoms with Crippen LogP contribution in [0.15, 0.2) is 78.9 Å². The third kappa shape index (κ3) is 8.69. The molecule has 5 aromatic rings. The third-order valence-electron chi connectivity index (χ3n) is 9.07. The zero-order chi connectivity index (χ0) is 35.2. The van der Waals surface area contributed by atoms with Crippen molar-refractivity contribution in [3.8, 4) is 22.9 Å². The SMILES string of the molecule is CCCCCCCCOc1ccc(C(=O)c2ccccc2)c(O)c1Cc1cc(C(C)(C)CC(C)(C)C)cc(-n2nc3ccccc3n2)c1O. The summed E-state index contributed by atoms with van der Waals surface area (Å²) in [5, 5.41) is 33.1. The van der Waals surface area contributed by atoms with E-state index in [9.17, 15) is 15.0 Å². The number of phenols is 2. The molecule has 0 fully saturated rings. The Morgan fingerprint density at radius 2 is 1.41 bits per heavy atom. The van der Waals surface area contributed by atoms with E-state index >= 15 is 0 Å². The van der Waals surface area contributed by atoms with Crippen LogP contribution in [0.2, 0.25) is 0 Å². The van der Waals surface area contributed by atoms with Crippen molar-refractivity contribution in [2.24, 2.45) is 5.41 Å². The van der Waals surface area contributed by atoms with E-state index < -0.39 is 0 Å². The molecule has 0 amide bonds. The first-order valence-electron chi connectivity index (χ1n) is 17.6. The van der Waals surface area contributed by atoms with Gasteiger partial charge in [-0.1, -0.05) is 122 Å². The van der Waals surface area contributed by atoms with Gasteiger partial charge < -0.3 is 14.9 Å². The normalized spacial score (nSPS) is 12.0. The maximum absolute atomic E-state index is 13.6. The second-order valence-corrected chi connectivity index (χ2v) is 15.0. The number of phenolic OH excluding ortho intramolecular Hbond substituents is 2. The maximum Gasteiger partial charge on any atom is 0.196 e. The molecule has 0 aliphatic rings. The van der Waals surface area contributed by atoms with Gasteiger partial charge >= 0.3 is 0 Å². The molecular weight excluding hydrogens is 610 g/mol. The van der Waals surface area contributed by atoms with Crippen LogP contribution >= 0.6 is 0 Å². The van der Waals surface area contributed by atoms with Gasteiger partial charge in [0.2, 0.25) is 0 Å². The molecule has 1 aromatic heterocycles. The molecular formula is C42H51N3O4. The molecule has 7 heteroatoms. The van der Waals surface area contributed by atoms with Gasteiger partial charge in [-0.05, 0) is 59.6 Å². The van der Waals surface area contributed by atoms with Crippen molar-refractivity contribution in [2.45, 2.75) is 98.3 Å². The molecule has 0 aliphatic carbocycles. The monoisotopic (exact) mass is 661 g/mol. The van der Waals surface area contributed by atoms with Crippen molar-refractivity contribution in [3.05, 3.63) is 107 Å². The number of hydrogen-bond donors (Lipinski definition) is 2. The molecule has 0 spiro atoms. The number of aromatic nitrogens is 3. The lowest BCUT2D eigenvalue weighted by Gasteiger charge is -2.33. The lowest BCUT2D eigenvalue weighted by Crippen LogP contribution is -2.25. The van der Waals surface area contributed by atoms with E-state index in [1.165, 1.54) is 24.1 Å². The minimum atomic E-state index is -0.278. The van der Waals surface area contributed by atoms with Gasteiger partial charge in [0.25, 0.3) is 0 Å². The lowest BCUT2D eigenvalue weighted by atomic mass is 9.72. The standard InChI is InChI=1S/C42H51N3O4/c1-7-8-9-10-11-17-24-49-37-23-22-32(38(46)29-18-13-12-14-19-29)40(48)33(37)26-30-25-31(42(5,6)28-41(2,3)4)27-36(39(30)47)45-43-34-20-15-16-21-35(34)44-45/h12-16,18-23,25,27,47-48H,7-11,17,24,26,28H2,1-6H3. The van der Waals surface area contributed by atoms with Gasteiger partial charge in [-0.2, -0.15) is 0 Å². The Morgan fingerprint density at radius 3 is 2.06 bits per heavy atom. The molecule has 0 aliphatic heterocycles. The number of nitrogens with zero attached hydrogens (tertiary/aromatic N) is 3. The van der Waals surface area contributed by atoms with Gasteiger partial charge in [0.15, 0.2) is 5.78 Å². The maximum atomic E-state index is 13.6. The van der Waals surface area contributed by atoms with E-state index in [1.807, 2.05) is 42.5 Å². The van der Waals surface area contributed by atoms with Crippen LogP contribution in [0, 0.1) is 5.41 Å². The molecule has 0 unspecified atom stereocenters. The average molecular weight is 662 g/mol. The molecule has 2 N–H and O–H groups in total. The number of ether oxygens (including phenoxy) is 1. The number of hydrogen-bond acceptors (Lipinski definition) is 6. The van der Waals surface area contributed by atoms with Crippen LogP contribution in [0.1, 0.15) is 119 Å². The summed E-state index contributed by atoms with van der Waals surface area (Å²) in [4.78, 5) is 15.1. The predicted molar refractivity (Wildman–Crippen MR) is 197 cm³/mol. The van der Waals surface area contributed by atoms with E-state index in [4.69, 9.17) is 14.9 Å². The average Bonchev–Trinajstić information content (AvgIpc) is 3.49. The van der Waals surface area contributed by atoms with Gasteiger partial charge in [-0.25, -0.2) is 0 Å². The van der Waals surface area contributed by atoms with Gasteiger partial charge in [0.1, 0.15) is 34.0 Å². The molecule has 258 valence electrons. The molecule has 0 radical (unpaired) electrons. The summed E-state index contributed by atoms with van der Waals surface area (Å²) in [6.07, 6.45) is 7.77. The summed E-state index contributed by atoms with van der Waals surface area (Å²) in [6.45, 7) is 13.8. The van der Waals surface area contributed by atoms with Crippen LogP contribution in [0.5, 0.6) is 17.2 Å². The second kappa shape index (κ2) is 15.3. The predicted octanol–water partition coefficient (Wildman–Crippen LogP) is 10.1. The van der Waals surface area contributed by atoms with Crippen LogP contribution in [0.4, 0.5) is 0 Å². The van der Waals surface area contributed by atoms with Crippen molar-refractivity contribution in [3.63, 3.8) is 0 Å². The molecule has 0 atom stereocenters. The van der Waals surface area contributed by atoms with Crippen LogP contribution in [-0.2, 0) is 11.8 Å². The summed E-state index contributed by atoms with van der Waals surface area (Å²) < 4.78 is 6.31. The van der Waals surface area contributed by atoms with Crippen molar-refractivity contribution >= 4 is 16.8 Å². The Labute approximate surface area is 291 Å². The topological polar surface area (TPSA) is 97.5 Å². The number of fused-ring (bicyclic) bond motifs is 1. The number of rotatable bonds is 15. The smallest absolute Gasteiger partial charge is 0.196 e. The highest BCUT2D eigenvalue weighted by Crippen LogP contribution is 2.42. The Hall–Kier alpha value is -4.65. The van der Waals surface area contributed by atoms with E-state index in [0.717, 1.165) is 42.3 Å². The number of unbranched alkanes of at least 4 members (excludes halogenated alkanes) is 5. The lowest BCUT2D eigenvalue weighted by molar-refractivity contribution is 0.103. The molecule has 0 saturated heterocycles. The Balaban J connectivity index is 1.60. The summed E-state index contributed by atoms with van der Waals surface area (Å²) in [7, 11) is 0. The van der Waals surface area contributed by atoms with E-state index in [1.54, 1.807) is 36.4 Å². The molecule has 7 nitrogen and oxygen atoms in total. The molecule has 0 saturated carbocycles. The van der Waals surface area contributed by atoms with Crippen LogP contribution in [0.25, 0.3) is 16.7 Å². The minimum Gasteiger partial charge on any atom is -0.507 e. The molecule has 5 rings (SSSR count). The van der Waals surface area contributed by atoms with Gasteiger partial charge in [0, 0.05) is 23.1 Å². The summed E-state index contributed by atoms with van der Waals surface area (Å²) >= 11 is 0. The fourth-order valence-corrected chi connectivity index (χ4v) is 6.86. The van der Waals surface area contributed by atoms with Gasteiger partial charge in [-0.15, -0.1) is 15.0 Å². The molecule has 0 bridgehead atoms. The fraction of sp³-hybridized carbons (Fsp3) is 0.405. The largest absolute Gasteiger partial charge is 0.507 e. The van der Waals surface area contributed by atoms with E-state index in [0.29, 0.717) is 34.7 Å². The van der Waals surface area contributed by atoms with Crippen LogP contribution < -0.4 is 4.74 Å². The summed E-state index contributed by atoms with van der Waals surface area (Å²) in [6, 6.07) is 23.9. The van der Waals surface area contributed by atoms with E-state index in [-0.39, 0.29) is 40.1 Å². The Bertz CT molecular complexity index is 1850. The molecule has 1 heterocycles. The number of benzene rings is 4. The first kappa shape index (κ1) is 35.7. The van der Waals surface area contributed by atoms with E-state index in [2.05, 4.69) is 41.5 Å².